The van der Waals surface area contributed by atoms with Gasteiger partial charge in [0.15, 0.2) is 5.76 Å². The van der Waals surface area contributed by atoms with Crippen molar-refractivity contribution in [3.05, 3.63) is 24.2 Å². The third-order valence-corrected chi connectivity index (χ3v) is 2.78. The maximum atomic E-state index is 12.0. The quantitative estimate of drug-likeness (QED) is 0.710. The summed E-state index contributed by atoms with van der Waals surface area (Å²) in [5.41, 5.74) is 5.19. The van der Waals surface area contributed by atoms with Crippen LogP contribution in [0.5, 0.6) is 0 Å². The van der Waals surface area contributed by atoms with Crippen LogP contribution in [-0.4, -0.2) is 25.0 Å². The van der Waals surface area contributed by atoms with Crippen LogP contribution in [-0.2, 0) is 4.74 Å². The number of ether oxygens (including phenoxy) is 1. The largest absolute Gasteiger partial charge is 0.461 e. The van der Waals surface area contributed by atoms with Gasteiger partial charge in [0, 0.05) is 6.04 Å². The van der Waals surface area contributed by atoms with Crippen molar-refractivity contribution < 1.29 is 13.9 Å². The predicted molar refractivity (Wildman–Crippen MR) is 49.9 cm³/mol. The average Bonchev–Trinajstić information content (AvgIpc) is 2.77. The first kappa shape index (κ1) is 9.43. The van der Waals surface area contributed by atoms with Gasteiger partial charge in [-0.3, -0.25) is 4.79 Å². The Morgan fingerprint density at radius 1 is 1.71 bits per heavy atom. The van der Waals surface area contributed by atoms with E-state index in [9.17, 15) is 4.79 Å². The van der Waals surface area contributed by atoms with Crippen LogP contribution in [0, 0.1) is 5.41 Å². The van der Waals surface area contributed by atoms with E-state index < -0.39 is 5.41 Å². The minimum absolute atomic E-state index is 0.0764. The molecule has 1 aromatic rings. The third-order valence-electron chi connectivity index (χ3n) is 2.78. The second-order valence-corrected chi connectivity index (χ2v) is 3.85. The molecule has 4 nitrogen and oxygen atoms in total. The van der Waals surface area contributed by atoms with E-state index in [-0.39, 0.29) is 11.8 Å². The van der Waals surface area contributed by atoms with Crippen molar-refractivity contribution in [1.29, 1.82) is 0 Å². The summed E-state index contributed by atoms with van der Waals surface area (Å²) in [6, 6.07) is 3.09. The molecule has 0 aromatic carbocycles. The number of hydrogen-bond donors (Lipinski definition) is 1. The van der Waals surface area contributed by atoms with Crippen LogP contribution in [0.15, 0.2) is 22.8 Å². The fourth-order valence-electron chi connectivity index (χ4n) is 1.61. The van der Waals surface area contributed by atoms with Crippen molar-refractivity contribution in [3.63, 3.8) is 0 Å². The first-order valence-electron chi connectivity index (χ1n) is 4.56. The van der Waals surface area contributed by atoms with Crippen molar-refractivity contribution in [3.8, 4) is 0 Å². The Kier molecular flexibility index (Phi) is 2.17. The number of rotatable bonds is 2. The molecule has 1 aromatic heterocycles. The molecule has 1 fully saturated rings. The summed E-state index contributed by atoms with van der Waals surface area (Å²) in [5.74, 6) is 0.279. The van der Waals surface area contributed by atoms with Gasteiger partial charge in [-0.2, -0.15) is 0 Å². The highest BCUT2D eigenvalue weighted by atomic mass is 16.5. The lowest BCUT2D eigenvalue weighted by molar-refractivity contribution is 0.0737. The van der Waals surface area contributed by atoms with Gasteiger partial charge in [-0.05, 0) is 19.1 Å². The van der Waals surface area contributed by atoms with E-state index in [1.54, 1.807) is 12.1 Å². The molecule has 2 heterocycles. The Bertz CT molecular complexity index is 333. The molecule has 14 heavy (non-hydrogen) atoms. The number of furan rings is 1. The molecule has 2 rings (SSSR count). The van der Waals surface area contributed by atoms with Gasteiger partial charge in [0.1, 0.15) is 0 Å². The standard InChI is InChI=1S/C10H13NO3/c1-10(6-13-5-8(10)11)9(12)7-3-2-4-14-7/h2-4,8H,5-6,11H2,1H3. The summed E-state index contributed by atoms with van der Waals surface area (Å²) in [4.78, 5) is 12.0. The van der Waals surface area contributed by atoms with Crippen LogP contribution in [0.1, 0.15) is 17.5 Å². The lowest BCUT2D eigenvalue weighted by Crippen LogP contribution is -2.44. The fourth-order valence-corrected chi connectivity index (χ4v) is 1.61. The molecule has 4 heteroatoms. The van der Waals surface area contributed by atoms with Crippen molar-refractivity contribution in [2.75, 3.05) is 13.2 Å². The van der Waals surface area contributed by atoms with Gasteiger partial charge >= 0.3 is 0 Å². The summed E-state index contributed by atoms with van der Waals surface area (Å²) in [5, 5.41) is 0. The Balaban J connectivity index is 2.27. The maximum absolute atomic E-state index is 12.0. The number of carbonyl (C=O) groups is 1. The van der Waals surface area contributed by atoms with E-state index in [2.05, 4.69) is 0 Å². The van der Waals surface area contributed by atoms with Crippen LogP contribution in [0.3, 0.4) is 0 Å². The Morgan fingerprint density at radius 2 is 2.50 bits per heavy atom. The number of ketones is 1. The van der Waals surface area contributed by atoms with E-state index in [1.165, 1.54) is 6.26 Å². The number of carbonyl (C=O) groups excluding carboxylic acids is 1. The Labute approximate surface area is 82.0 Å². The molecule has 0 radical (unpaired) electrons. The average molecular weight is 195 g/mol. The normalized spacial score (nSPS) is 32.0. The highest BCUT2D eigenvalue weighted by Crippen LogP contribution is 2.31. The zero-order chi connectivity index (χ0) is 10.2. The molecule has 0 bridgehead atoms. The first-order valence-corrected chi connectivity index (χ1v) is 4.56. The highest BCUT2D eigenvalue weighted by Gasteiger charge is 2.45. The predicted octanol–water partition coefficient (Wildman–Crippen LogP) is 0.826. The fraction of sp³-hybridized carbons (Fsp3) is 0.500. The minimum Gasteiger partial charge on any atom is -0.461 e. The van der Waals surface area contributed by atoms with Crippen molar-refractivity contribution in [1.82, 2.24) is 0 Å². The molecule has 1 aliphatic rings. The van der Waals surface area contributed by atoms with Gasteiger partial charge in [0.2, 0.25) is 5.78 Å². The van der Waals surface area contributed by atoms with E-state index in [0.717, 1.165) is 0 Å². The Hall–Kier alpha value is -1.13. The van der Waals surface area contributed by atoms with Crippen molar-refractivity contribution in [2.45, 2.75) is 13.0 Å². The molecule has 1 saturated heterocycles. The van der Waals surface area contributed by atoms with Gasteiger partial charge in [0.05, 0.1) is 24.9 Å². The lowest BCUT2D eigenvalue weighted by atomic mass is 9.80. The molecule has 0 spiro atoms. The topological polar surface area (TPSA) is 65.5 Å². The monoisotopic (exact) mass is 195 g/mol. The van der Waals surface area contributed by atoms with Gasteiger partial charge in [-0.15, -0.1) is 0 Å². The van der Waals surface area contributed by atoms with Crippen LogP contribution in [0.25, 0.3) is 0 Å². The summed E-state index contributed by atoms with van der Waals surface area (Å²) in [6.07, 6.45) is 1.48. The van der Waals surface area contributed by atoms with E-state index >= 15 is 0 Å². The number of hydrogen-bond acceptors (Lipinski definition) is 4. The van der Waals surface area contributed by atoms with Crippen LogP contribution >= 0.6 is 0 Å². The Morgan fingerprint density at radius 3 is 3.00 bits per heavy atom. The molecule has 2 N–H and O–H groups in total. The van der Waals surface area contributed by atoms with Crippen LogP contribution in [0.4, 0.5) is 0 Å². The van der Waals surface area contributed by atoms with E-state index in [4.69, 9.17) is 14.9 Å². The molecular formula is C10H13NO3. The minimum atomic E-state index is -0.641. The zero-order valence-electron chi connectivity index (χ0n) is 8.03. The lowest BCUT2D eigenvalue weighted by Gasteiger charge is -2.23. The molecule has 2 unspecified atom stereocenters. The second-order valence-electron chi connectivity index (χ2n) is 3.85. The van der Waals surface area contributed by atoms with E-state index in [1.807, 2.05) is 6.92 Å². The van der Waals surface area contributed by atoms with Crippen LogP contribution < -0.4 is 5.73 Å². The highest BCUT2D eigenvalue weighted by molar-refractivity contribution is 5.98. The summed E-state index contributed by atoms with van der Waals surface area (Å²) in [6.45, 7) is 2.62. The molecule has 0 saturated carbocycles. The van der Waals surface area contributed by atoms with Gasteiger partial charge < -0.3 is 14.9 Å². The van der Waals surface area contributed by atoms with Crippen molar-refractivity contribution in [2.24, 2.45) is 11.1 Å². The number of Topliss-reactive ketones (excluding diaryl/α,β-unsaturated/α-hetero) is 1. The van der Waals surface area contributed by atoms with Crippen molar-refractivity contribution >= 4 is 5.78 Å². The number of nitrogens with two attached hydrogens (primary N) is 1. The molecule has 2 atom stereocenters. The first-order chi connectivity index (χ1) is 6.64. The molecule has 0 aliphatic carbocycles. The zero-order valence-corrected chi connectivity index (χ0v) is 8.03. The van der Waals surface area contributed by atoms with Gasteiger partial charge in [-0.1, -0.05) is 0 Å². The molecule has 1 aliphatic heterocycles. The van der Waals surface area contributed by atoms with E-state index in [0.29, 0.717) is 19.0 Å². The molecule has 0 amide bonds. The van der Waals surface area contributed by atoms with Gasteiger partial charge in [-0.25, -0.2) is 0 Å². The maximum Gasteiger partial charge on any atom is 0.207 e. The van der Waals surface area contributed by atoms with Crippen LogP contribution in [0.2, 0.25) is 0 Å². The summed E-state index contributed by atoms with van der Waals surface area (Å²) < 4.78 is 10.3. The molecule has 76 valence electrons. The second kappa shape index (κ2) is 3.22. The summed E-state index contributed by atoms with van der Waals surface area (Å²) >= 11 is 0. The third kappa shape index (κ3) is 1.27. The SMILES string of the molecule is CC1(C(=O)c2ccco2)COCC1N. The smallest absolute Gasteiger partial charge is 0.207 e. The van der Waals surface area contributed by atoms with Gasteiger partial charge in [0.25, 0.3) is 0 Å². The molecular weight excluding hydrogens is 182 g/mol. The summed E-state index contributed by atoms with van der Waals surface area (Å²) in [7, 11) is 0.